The van der Waals surface area contributed by atoms with Crippen LogP contribution >= 0.6 is 11.8 Å². The molecule has 1 N–H and O–H groups in total. The Bertz CT molecular complexity index is 306. The Balaban J connectivity index is 1.91. The van der Waals surface area contributed by atoms with E-state index in [4.69, 9.17) is 0 Å². The summed E-state index contributed by atoms with van der Waals surface area (Å²) in [7, 11) is 1.86. The summed E-state index contributed by atoms with van der Waals surface area (Å²) in [5.41, 5.74) is 1.06. The lowest BCUT2D eigenvalue weighted by molar-refractivity contribution is 0.284. The van der Waals surface area contributed by atoms with E-state index in [-0.39, 0.29) is 0 Å². The maximum Gasteiger partial charge on any atom is 0.144 e. The van der Waals surface area contributed by atoms with Crippen molar-refractivity contribution in [3.63, 3.8) is 0 Å². The van der Waals surface area contributed by atoms with Crippen LogP contribution in [0.25, 0.3) is 0 Å². The molecule has 0 spiro atoms. The molecule has 0 aromatic carbocycles. The number of hydrogen-bond acceptors (Lipinski definition) is 5. The van der Waals surface area contributed by atoms with Crippen LogP contribution in [-0.2, 0) is 6.54 Å². The fraction of sp³-hybridized carbons (Fsp3) is 0.636. The summed E-state index contributed by atoms with van der Waals surface area (Å²) in [5.74, 6) is 3.36. The summed E-state index contributed by atoms with van der Waals surface area (Å²) in [6, 6.07) is 0. The van der Waals surface area contributed by atoms with Gasteiger partial charge in [0.25, 0.3) is 0 Å². The molecule has 1 saturated heterocycles. The van der Waals surface area contributed by atoms with Crippen molar-refractivity contribution >= 4 is 17.6 Å². The highest BCUT2D eigenvalue weighted by Gasteiger charge is 2.10. The summed E-state index contributed by atoms with van der Waals surface area (Å²) < 4.78 is 0. The maximum atomic E-state index is 4.40. The standard InChI is InChI=1S/C11H18N4S/c1-12-11-8-13-10(7-14-11)9-15-3-2-5-16-6-4-15/h7-8H,2-6,9H2,1H3,(H,12,14). The van der Waals surface area contributed by atoms with E-state index in [0.29, 0.717) is 0 Å². The Morgan fingerprint density at radius 1 is 1.31 bits per heavy atom. The minimum Gasteiger partial charge on any atom is -0.372 e. The van der Waals surface area contributed by atoms with Gasteiger partial charge in [0.15, 0.2) is 0 Å². The van der Waals surface area contributed by atoms with Crippen LogP contribution in [0.1, 0.15) is 12.1 Å². The lowest BCUT2D eigenvalue weighted by Gasteiger charge is -2.18. The molecule has 1 aromatic rings. The molecule has 0 bridgehead atoms. The van der Waals surface area contributed by atoms with E-state index in [0.717, 1.165) is 18.1 Å². The zero-order valence-corrected chi connectivity index (χ0v) is 10.5. The number of thioether (sulfide) groups is 1. The summed E-state index contributed by atoms with van der Waals surface area (Å²) in [6.07, 6.45) is 4.94. The van der Waals surface area contributed by atoms with Crippen molar-refractivity contribution in [2.45, 2.75) is 13.0 Å². The van der Waals surface area contributed by atoms with Crippen molar-refractivity contribution in [1.82, 2.24) is 14.9 Å². The molecule has 1 aliphatic rings. The third-order valence-corrected chi connectivity index (χ3v) is 3.71. The molecule has 2 rings (SSSR count). The van der Waals surface area contributed by atoms with Crippen LogP contribution in [0.15, 0.2) is 12.4 Å². The summed E-state index contributed by atoms with van der Waals surface area (Å²) in [5, 5.41) is 2.98. The predicted octanol–water partition coefficient (Wildman–Crippen LogP) is 1.46. The first-order valence-corrected chi connectivity index (χ1v) is 6.83. The molecule has 1 aliphatic heterocycles. The van der Waals surface area contributed by atoms with Gasteiger partial charge in [-0.25, -0.2) is 4.98 Å². The largest absolute Gasteiger partial charge is 0.372 e. The number of anilines is 1. The minimum atomic E-state index is 0.829. The summed E-state index contributed by atoms with van der Waals surface area (Å²) in [4.78, 5) is 11.1. The van der Waals surface area contributed by atoms with Crippen LogP contribution < -0.4 is 5.32 Å². The number of aromatic nitrogens is 2. The average molecular weight is 238 g/mol. The first kappa shape index (κ1) is 11.7. The van der Waals surface area contributed by atoms with Crippen LogP contribution in [0.2, 0.25) is 0 Å². The van der Waals surface area contributed by atoms with Crippen molar-refractivity contribution in [3.8, 4) is 0 Å². The van der Waals surface area contributed by atoms with Crippen LogP contribution in [0.3, 0.4) is 0 Å². The van der Waals surface area contributed by atoms with Gasteiger partial charge < -0.3 is 5.32 Å². The molecule has 5 heteroatoms. The van der Waals surface area contributed by atoms with Crippen LogP contribution in [0.5, 0.6) is 0 Å². The molecule has 0 amide bonds. The lowest BCUT2D eigenvalue weighted by atomic mass is 10.3. The van der Waals surface area contributed by atoms with Gasteiger partial charge in [-0.15, -0.1) is 0 Å². The molecule has 0 unspecified atom stereocenters. The van der Waals surface area contributed by atoms with E-state index in [1.165, 1.54) is 31.0 Å². The molecule has 2 heterocycles. The molecule has 0 saturated carbocycles. The van der Waals surface area contributed by atoms with Crippen LogP contribution in [0.4, 0.5) is 5.82 Å². The highest BCUT2D eigenvalue weighted by atomic mass is 32.2. The van der Waals surface area contributed by atoms with E-state index in [1.807, 2.05) is 25.0 Å². The third kappa shape index (κ3) is 3.35. The Morgan fingerprint density at radius 2 is 2.25 bits per heavy atom. The van der Waals surface area contributed by atoms with Crippen molar-refractivity contribution in [2.24, 2.45) is 0 Å². The fourth-order valence-electron chi connectivity index (χ4n) is 1.75. The topological polar surface area (TPSA) is 41.1 Å². The fourth-order valence-corrected chi connectivity index (χ4v) is 2.68. The molecule has 88 valence electrons. The van der Waals surface area contributed by atoms with Crippen molar-refractivity contribution in [3.05, 3.63) is 18.1 Å². The van der Waals surface area contributed by atoms with Crippen molar-refractivity contribution in [1.29, 1.82) is 0 Å². The predicted molar refractivity (Wildman–Crippen MR) is 68.8 cm³/mol. The second kappa shape index (κ2) is 6.06. The number of nitrogens with zero attached hydrogens (tertiary/aromatic N) is 3. The highest BCUT2D eigenvalue weighted by molar-refractivity contribution is 7.99. The summed E-state index contributed by atoms with van der Waals surface area (Å²) in [6.45, 7) is 3.28. The zero-order chi connectivity index (χ0) is 11.2. The molecule has 0 atom stereocenters. The Hall–Kier alpha value is -0.810. The normalized spacial score (nSPS) is 18.1. The maximum absolute atomic E-state index is 4.40. The second-order valence-electron chi connectivity index (χ2n) is 3.89. The molecule has 0 aliphatic carbocycles. The van der Waals surface area contributed by atoms with Gasteiger partial charge in [0, 0.05) is 25.9 Å². The molecule has 4 nitrogen and oxygen atoms in total. The SMILES string of the molecule is CNc1cnc(CN2CCCSCC2)cn1. The Kier molecular flexibility index (Phi) is 4.42. The van der Waals surface area contributed by atoms with E-state index >= 15 is 0 Å². The van der Waals surface area contributed by atoms with E-state index in [9.17, 15) is 0 Å². The lowest BCUT2D eigenvalue weighted by Crippen LogP contribution is -2.26. The number of rotatable bonds is 3. The zero-order valence-electron chi connectivity index (χ0n) is 9.65. The second-order valence-corrected chi connectivity index (χ2v) is 5.11. The molecule has 1 aromatic heterocycles. The van der Waals surface area contributed by atoms with Gasteiger partial charge in [-0.1, -0.05) is 0 Å². The smallest absolute Gasteiger partial charge is 0.144 e. The van der Waals surface area contributed by atoms with Gasteiger partial charge in [-0.05, 0) is 18.7 Å². The Labute approximate surface area is 101 Å². The molecular weight excluding hydrogens is 220 g/mol. The monoisotopic (exact) mass is 238 g/mol. The molecular formula is C11H18N4S. The van der Waals surface area contributed by atoms with Crippen molar-refractivity contribution < 1.29 is 0 Å². The van der Waals surface area contributed by atoms with E-state index < -0.39 is 0 Å². The Morgan fingerprint density at radius 3 is 3.00 bits per heavy atom. The van der Waals surface area contributed by atoms with Crippen molar-refractivity contribution in [2.75, 3.05) is 37.0 Å². The number of nitrogens with one attached hydrogen (secondary N) is 1. The van der Waals surface area contributed by atoms with Gasteiger partial charge in [0.1, 0.15) is 5.82 Å². The van der Waals surface area contributed by atoms with E-state index in [2.05, 4.69) is 20.2 Å². The van der Waals surface area contributed by atoms with Gasteiger partial charge in [0.2, 0.25) is 0 Å². The molecule has 0 radical (unpaired) electrons. The first-order valence-electron chi connectivity index (χ1n) is 5.67. The average Bonchev–Trinajstić information content (AvgIpc) is 2.59. The summed E-state index contributed by atoms with van der Waals surface area (Å²) >= 11 is 2.05. The van der Waals surface area contributed by atoms with Gasteiger partial charge in [0.05, 0.1) is 18.1 Å². The third-order valence-electron chi connectivity index (χ3n) is 2.66. The van der Waals surface area contributed by atoms with Gasteiger partial charge in [-0.3, -0.25) is 9.88 Å². The quantitative estimate of drug-likeness (QED) is 0.863. The van der Waals surface area contributed by atoms with Gasteiger partial charge >= 0.3 is 0 Å². The van der Waals surface area contributed by atoms with Crippen LogP contribution in [0, 0.1) is 0 Å². The van der Waals surface area contributed by atoms with Gasteiger partial charge in [-0.2, -0.15) is 11.8 Å². The number of hydrogen-bond donors (Lipinski definition) is 1. The molecule has 16 heavy (non-hydrogen) atoms. The first-order chi connectivity index (χ1) is 7.88. The highest BCUT2D eigenvalue weighted by Crippen LogP contribution is 2.12. The van der Waals surface area contributed by atoms with Crippen LogP contribution in [-0.4, -0.2) is 46.5 Å². The minimum absolute atomic E-state index is 0.829. The van der Waals surface area contributed by atoms with E-state index in [1.54, 1.807) is 6.20 Å². The molecule has 1 fully saturated rings.